The van der Waals surface area contributed by atoms with Crippen LogP contribution in [0.4, 0.5) is 11.4 Å². The van der Waals surface area contributed by atoms with Crippen LogP contribution in [0.5, 0.6) is 5.75 Å². The first-order valence-electron chi connectivity index (χ1n) is 11.0. The van der Waals surface area contributed by atoms with Gasteiger partial charge in [-0.15, -0.1) is 0 Å². The molecule has 10 nitrogen and oxygen atoms in total. The highest BCUT2D eigenvalue weighted by Gasteiger charge is 2.29. The van der Waals surface area contributed by atoms with Crippen LogP contribution in [0, 0.1) is 0 Å². The summed E-state index contributed by atoms with van der Waals surface area (Å²) in [7, 11) is -6.35. The van der Waals surface area contributed by atoms with Crippen molar-refractivity contribution in [3.05, 3.63) is 48.0 Å². The zero-order valence-corrected chi connectivity index (χ0v) is 21.5. The first kappa shape index (κ1) is 26.6. The predicted octanol–water partition coefficient (Wildman–Crippen LogP) is 2.48. The van der Waals surface area contributed by atoms with Gasteiger partial charge in [0.1, 0.15) is 17.2 Å². The van der Waals surface area contributed by atoms with Crippen LogP contribution in [0.25, 0.3) is 0 Å². The van der Waals surface area contributed by atoms with Crippen molar-refractivity contribution in [1.82, 2.24) is 4.31 Å². The van der Waals surface area contributed by atoms with Crippen LogP contribution < -0.4 is 14.4 Å². The quantitative estimate of drug-likeness (QED) is 0.500. The third-order valence-electron chi connectivity index (χ3n) is 5.61. The monoisotopic (exact) mass is 523 g/mol. The molecule has 0 atom stereocenters. The Morgan fingerprint density at radius 1 is 1.03 bits per heavy atom. The van der Waals surface area contributed by atoms with Crippen LogP contribution in [-0.4, -0.2) is 65.8 Å². The Morgan fingerprint density at radius 2 is 1.71 bits per heavy atom. The second kappa shape index (κ2) is 10.8. The topological polar surface area (TPSA) is 130 Å². The number of carbonyl (C=O) groups excluding carboxylic acids is 2. The minimum Gasteiger partial charge on any atom is -0.495 e. The molecule has 1 saturated heterocycles. The summed E-state index contributed by atoms with van der Waals surface area (Å²) in [5.41, 5.74) is 0.648. The second-order valence-corrected chi connectivity index (χ2v) is 12.1. The Kier molecular flexibility index (Phi) is 8.18. The molecule has 190 valence electrons. The van der Waals surface area contributed by atoms with E-state index in [-0.39, 0.29) is 27.8 Å². The highest BCUT2D eigenvalue weighted by atomic mass is 32.2. The minimum atomic E-state index is -3.87. The Morgan fingerprint density at radius 3 is 2.31 bits per heavy atom. The van der Waals surface area contributed by atoms with E-state index < -0.39 is 32.5 Å². The Bertz CT molecular complexity index is 1320. The molecule has 2 aromatic rings. The largest absolute Gasteiger partial charge is 0.495 e. The molecule has 2 aromatic carbocycles. The summed E-state index contributed by atoms with van der Waals surface area (Å²) in [4.78, 5) is 24.4. The molecule has 35 heavy (non-hydrogen) atoms. The van der Waals surface area contributed by atoms with Gasteiger partial charge < -0.3 is 10.1 Å². The number of piperidine rings is 1. The summed E-state index contributed by atoms with van der Waals surface area (Å²) in [5, 5.41) is 2.57. The molecule has 0 saturated carbocycles. The Hall–Kier alpha value is -2.96. The number of methoxy groups -OCH3 is 1. The van der Waals surface area contributed by atoms with Crippen LogP contribution in [0.2, 0.25) is 0 Å². The number of hydrogen-bond acceptors (Lipinski definition) is 7. The molecular formula is C23H29N3O7S2. The van der Waals surface area contributed by atoms with Gasteiger partial charge in [0.15, 0.2) is 5.78 Å². The summed E-state index contributed by atoms with van der Waals surface area (Å²) < 4.78 is 58.7. The number of carbonyl (C=O) groups is 2. The number of sulfonamides is 2. The van der Waals surface area contributed by atoms with E-state index >= 15 is 0 Å². The molecule has 0 radical (unpaired) electrons. The number of ether oxygens (including phenoxy) is 1. The van der Waals surface area contributed by atoms with E-state index in [1.807, 2.05) is 0 Å². The van der Waals surface area contributed by atoms with E-state index in [0.29, 0.717) is 18.7 Å². The molecule has 3 rings (SSSR count). The third-order valence-corrected chi connectivity index (χ3v) is 8.67. The van der Waals surface area contributed by atoms with Gasteiger partial charge in [0, 0.05) is 24.3 Å². The maximum absolute atomic E-state index is 13.2. The average Bonchev–Trinajstić information content (AvgIpc) is 2.82. The van der Waals surface area contributed by atoms with Gasteiger partial charge in [0.2, 0.25) is 26.0 Å². The normalized spacial score (nSPS) is 14.8. The first-order valence-corrected chi connectivity index (χ1v) is 14.3. The molecule has 1 aliphatic rings. The van der Waals surface area contributed by atoms with Gasteiger partial charge in [-0.2, -0.15) is 4.31 Å². The van der Waals surface area contributed by atoms with E-state index in [9.17, 15) is 26.4 Å². The zero-order chi connectivity index (χ0) is 25.8. The summed E-state index contributed by atoms with van der Waals surface area (Å²) in [6, 6.07) is 10.2. The lowest BCUT2D eigenvalue weighted by Crippen LogP contribution is -2.37. The van der Waals surface area contributed by atoms with Crippen molar-refractivity contribution >= 4 is 43.1 Å². The molecule has 1 amide bonds. The molecule has 0 bridgehead atoms. The van der Waals surface area contributed by atoms with Crippen LogP contribution >= 0.6 is 0 Å². The summed E-state index contributed by atoms with van der Waals surface area (Å²) in [6.45, 7) is 1.60. The molecule has 1 fully saturated rings. The van der Waals surface area contributed by atoms with Gasteiger partial charge in [-0.25, -0.2) is 16.8 Å². The molecular weight excluding hydrogens is 494 g/mol. The van der Waals surface area contributed by atoms with E-state index in [2.05, 4.69) is 5.32 Å². The maximum atomic E-state index is 13.2. The lowest BCUT2D eigenvalue weighted by atomic mass is 10.1. The summed E-state index contributed by atoms with van der Waals surface area (Å²) >= 11 is 0. The number of nitrogens with zero attached hydrogens (tertiary/aromatic N) is 2. The molecule has 1 heterocycles. The van der Waals surface area contributed by atoms with Gasteiger partial charge in [-0.1, -0.05) is 18.6 Å². The number of rotatable bonds is 9. The highest BCUT2D eigenvalue weighted by molar-refractivity contribution is 7.92. The smallest absolute Gasteiger partial charge is 0.246 e. The number of benzene rings is 2. The number of nitrogens with one attached hydrogen (secondary N) is 1. The standard InChI is InChI=1S/C23H29N3O7S2/c1-17(27)18-8-7-9-20(14-18)26(34(3,29)30)16-23(28)24-19-10-11-21(33-2)22(15-19)35(31,32)25-12-5-4-6-13-25/h7-11,14-15H,4-6,12-13,16H2,1-3H3,(H,24,28). The first-order chi connectivity index (χ1) is 16.4. The molecule has 0 aliphatic carbocycles. The van der Waals surface area contributed by atoms with E-state index in [1.165, 1.54) is 54.7 Å². The number of hydrogen-bond donors (Lipinski definition) is 1. The van der Waals surface area contributed by atoms with Gasteiger partial charge in [-0.05, 0) is 50.1 Å². The van der Waals surface area contributed by atoms with Crippen molar-refractivity contribution in [2.75, 3.05) is 42.6 Å². The van der Waals surface area contributed by atoms with Crippen LogP contribution in [0.1, 0.15) is 36.5 Å². The molecule has 0 spiro atoms. The number of anilines is 2. The second-order valence-electron chi connectivity index (χ2n) is 8.25. The van der Waals surface area contributed by atoms with E-state index in [4.69, 9.17) is 4.74 Å². The van der Waals surface area contributed by atoms with Crippen molar-refractivity contribution in [3.63, 3.8) is 0 Å². The van der Waals surface area contributed by atoms with Gasteiger partial charge in [0.05, 0.1) is 19.1 Å². The fourth-order valence-corrected chi connectivity index (χ4v) is 6.36. The average molecular weight is 524 g/mol. The van der Waals surface area contributed by atoms with Gasteiger partial charge >= 0.3 is 0 Å². The van der Waals surface area contributed by atoms with Gasteiger partial charge in [0.25, 0.3) is 0 Å². The fraction of sp³-hybridized carbons (Fsp3) is 0.391. The maximum Gasteiger partial charge on any atom is 0.246 e. The van der Waals surface area contributed by atoms with Crippen molar-refractivity contribution in [3.8, 4) is 5.75 Å². The van der Waals surface area contributed by atoms with Crippen molar-refractivity contribution < 1.29 is 31.2 Å². The summed E-state index contributed by atoms with van der Waals surface area (Å²) in [5.74, 6) is -0.784. The zero-order valence-electron chi connectivity index (χ0n) is 19.9. The number of amides is 1. The minimum absolute atomic E-state index is 0.0752. The SMILES string of the molecule is COc1ccc(NC(=O)CN(c2cccc(C(C)=O)c2)S(C)(=O)=O)cc1S(=O)(=O)N1CCCCC1. The van der Waals surface area contributed by atoms with Crippen LogP contribution in [0.15, 0.2) is 47.4 Å². The van der Waals surface area contributed by atoms with Crippen LogP contribution in [-0.2, 0) is 24.8 Å². The van der Waals surface area contributed by atoms with Crippen LogP contribution in [0.3, 0.4) is 0 Å². The van der Waals surface area contributed by atoms with Crippen molar-refractivity contribution in [1.29, 1.82) is 0 Å². The van der Waals surface area contributed by atoms with Crippen molar-refractivity contribution in [2.45, 2.75) is 31.1 Å². The lowest BCUT2D eigenvalue weighted by Gasteiger charge is -2.27. The number of Topliss-reactive ketones (excluding diaryl/α,β-unsaturated/α-hetero) is 1. The molecule has 0 aromatic heterocycles. The third kappa shape index (κ3) is 6.38. The lowest BCUT2D eigenvalue weighted by molar-refractivity contribution is -0.114. The molecule has 12 heteroatoms. The van der Waals surface area contributed by atoms with Crippen molar-refractivity contribution in [2.24, 2.45) is 0 Å². The Labute approximate surface area is 206 Å². The fourth-order valence-electron chi connectivity index (χ4n) is 3.81. The molecule has 1 N–H and O–H groups in total. The highest BCUT2D eigenvalue weighted by Crippen LogP contribution is 2.31. The summed E-state index contributed by atoms with van der Waals surface area (Å²) in [6.07, 6.45) is 3.46. The van der Waals surface area contributed by atoms with E-state index in [0.717, 1.165) is 29.8 Å². The van der Waals surface area contributed by atoms with E-state index in [1.54, 1.807) is 6.07 Å². The molecule has 0 unspecified atom stereocenters. The predicted molar refractivity (Wildman–Crippen MR) is 133 cm³/mol. The molecule has 1 aliphatic heterocycles. The van der Waals surface area contributed by atoms with Gasteiger partial charge in [-0.3, -0.25) is 13.9 Å². The Balaban J connectivity index is 1.86. The number of ketones is 1.